The van der Waals surface area contributed by atoms with Crippen LogP contribution in [0.5, 0.6) is 0 Å². The summed E-state index contributed by atoms with van der Waals surface area (Å²) in [5.41, 5.74) is -1.44. The van der Waals surface area contributed by atoms with E-state index in [1.54, 1.807) is 0 Å². The Labute approximate surface area is 226 Å². The molecule has 210 valence electrons. The molecule has 4 heterocycles. The third-order valence-electron chi connectivity index (χ3n) is 6.78. The minimum Gasteiger partial charge on any atom is -0.340 e. The molecule has 0 spiro atoms. The molecule has 40 heavy (non-hydrogen) atoms. The molecule has 1 saturated heterocycles. The summed E-state index contributed by atoms with van der Waals surface area (Å²) in [7, 11) is 0. The Hall–Kier alpha value is -3.80. The lowest BCUT2D eigenvalue weighted by Crippen LogP contribution is -2.39. The van der Waals surface area contributed by atoms with E-state index < -0.39 is 23.5 Å². The molecule has 12 heteroatoms. The van der Waals surface area contributed by atoms with E-state index in [0.717, 1.165) is 44.1 Å². The Bertz CT molecular complexity index is 1510. The van der Waals surface area contributed by atoms with Crippen LogP contribution in [0.1, 0.15) is 43.6 Å². The maximum atomic E-state index is 13.7. The first-order chi connectivity index (χ1) is 18.8. The molecule has 0 unspecified atom stereocenters. The van der Waals surface area contributed by atoms with Crippen molar-refractivity contribution < 1.29 is 26.3 Å². The number of fused-ring (bicyclic) bond motifs is 1. The summed E-state index contributed by atoms with van der Waals surface area (Å²) >= 11 is 0. The van der Waals surface area contributed by atoms with Crippen LogP contribution in [0.4, 0.5) is 37.8 Å². The molecule has 6 nitrogen and oxygen atoms in total. The highest BCUT2D eigenvalue weighted by Crippen LogP contribution is 2.36. The molecule has 1 aromatic carbocycles. The summed E-state index contributed by atoms with van der Waals surface area (Å²) in [4.78, 5) is 19.8. The average molecular weight is 561 g/mol. The van der Waals surface area contributed by atoms with Gasteiger partial charge in [0.15, 0.2) is 5.65 Å². The minimum absolute atomic E-state index is 0.00957. The Morgan fingerprint density at radius 3 is 2.33 bits per heavy atom. The van der Waals surface area contributed by atoms with E-state index in [0.29, 0.717) is 23.4 Å². The third kappa shape index (κ3) is 6.16. The molecule has 1 fully saturated rings. The lowest BCUT2D eigenvalue weighted by molar-refractivity contribution is -0.138. The van der Waals surface area contributed by atoms with Crippen molar-refractivity contribution >= 4 is 22.5 Å². The molecule has 0 bridgehead atoms. The number of halogens is 6. The largest absolute Gasteiger partial charge is 0.418 e. The van der Waals surface area contributed by atoms with Crippen LogP contribution in [0.15, 0.2) is 54.7 Å². The first-order valence-electron chi connectivity index (χ1n) is 12.7. The predicted octanol–water partition coefficient (Wildman–Crippen LogP) is 7.49. The highest BCUT2D eigenvalue weighted by molar-refractivity contribution is 5.90. The maximum absolute atomic E-state index is 13.7. The van der Waals surface area contributed by atoms with Crippen molar-refractivity contribution in [3.63, 3.8) is 0 Å². The van der Waals surface area contributed by atoms with Gasteiger partial charge in [-0.2, -0.15) is 26.3 Å². The molecule has 0 radical (unpaired) electrons. The molecule has 0 saturated carbocycles. The molecule has 3 aromatic heterocycles. The smallest absolute Gasteiger partial charge is 0.340 e. The average Bonchev–Trinajstić information content (AvgIpc) is 2.87. The molecule has 1 aliphatic heterocycles. The summed E-state index contributed by atoms with van der Waals surface area (Å²) in [5.74, 6) is 0.675. The molecular formula is C28H26F6N6. The lowest BCUT2D eigenvalue weighted by Gasteiger charge is -2.37. The molecule has 1 aliphatic rings. The standard InChI is InChI=1S/C28H26F6N6/c1-26(2)12-4-14-40(16-26)15-22-38-24(36-18-8-6-17(7-9-18)27(29,30)31)19-10-11-21(37-25(19)39-22)23-20(28(32,33)34)5-3-13-35-23/h3,5-11,13H,4,12,14-16H2,1-2H3,(H,36,37,38,39). The fourth-order valence-electron chi connectivity index (χ4n) is 4.95. The van der Waals surface area contributed by atoms with E-state index in [1.807, 2.05) is 0 Å². The highest BCUT2D eigenvalue weighted by atomic mass is 19.4. The van der Waals surface area contributed by atoms with Crippen molar-refractivity contribution in [3.8, 4) is 11.4 Å². The minimum atomic E-state index is -4.63. The number of rotatable bonds is 5. The third-order valence-corrected chi connectivity index (χ3v) is 6.78. The fraction of sp³-hybridized carbons (Fsp3) is 0.357. The summed E-state index contributed by atoms with van der Waals surface area (Å²) in [5, 5.41) is 3.44. The fourth-order valence-corrected chi connectivity index (χ4v) is 4.95. The Balaban J connectivity index is 1.57. The second-order valence-electron chi connectivity index (χ2n) is 10.6. The number of hydrogen-bond donors (Lipinski definition) is 1. The maximum Gasteiger partial charge on any atom is 0.418 e. The summed E-state index contributed by atoms with van der Waals surface area (Å²) in [6.07, 6.45) is -5.76. The van der Waals surface area contributed by atoms with Gasteiger partial charge < -0.3 is 5.32 Å². The van der Waals surface area contributed by atoms with Crippen LogP contribution in [0.2, 0.25) is 0 Å². The van der Waals surface area contributed by atoms with Gasteiger partial charge in [-0.15, -0.1) is 0 Å². The number of alkyl halides is 6. The van der Waals surface area contributed by atoms with E-state index in [4.69, 9.17) is 0 Å². The predicted molar refractivity (Wildman–Crippen MR) is 139 cm³/mol. The number of piperidine rings is 1. The van der Waals surface area contributed by atoms with Crippen molar-refractivity contribution in [2.24, 2.45) is 5.41 Å². The van der Waals surface area contributed by atoms with E-state index in [2.05, 4.69) is 44.0 Å². The highest BCUT2D eigenvalue weighted by Gasteiger charge is 2.35. The lowest BCUT2D eigenvalue weighted by atomic mass is 9.84. The zero-order valence-corrected chi connectivity index (χ0v) is 21.7. The van der Waals surface area contributed by atoms with Gasteiger partial charge in [-0.25, -0.2) is 15.0 Å². The topological polar surface area (TPSA) is 66.8 Å². The Morgan fingerprint density at radius 1 is 0.900 bits per heavy atom. The second-order valence-corrected chi connectivity index (χ2v) is 10.6. The van der Waals surface area contributed by atoms with Crippen molar-refractivity contribution in [1.29, 1.82) is 0 Å². The molecule has 0 atom stereocenters. The summed E-state index contributed by atoms with van der Waals surface area (Å²) < 4.78 is 80.1. The van der Waals surface area contributed by atoms with E-state index in [1.165, 1.54) is 36.5 Å². The van der Waals surface area contributed by atoms with Gasteiger partial charge in [-0.05, 0) is 73.3 Å². The van der Waals surface area contributed by atoms with Crippen LogP contribution in [-0.4, -0.2) is 37.9 Å². The van der Waals surface area contributed by atoms with Crippen LogP contribution < -0.4 is 5.32 Å². The van der Waals surface area contributed by atoms with Gasteiger partial charge in [-0.3, -0.25) is 9.88 Å². The van der Waals surface area contributed by atoms with Crippen molar-refractivity contribution in [2.45, 2.75) is 45.6 Å². The molecule has 5 rings (SSSR count). The zero-order valence-electron chi connectivity index (χ0n) is 21.7. The molecule has 0 aliphatic carbocycles. The number of hydrogen-bond acceptors (Lipinski definition) is 6. The van der Waals surface area contributed by atoms with Gasteiger partial charge in [0, 0.05) is 18.4 Å². The van der Waals surface area contributed by atoms with Gasteiger partial charge in [0.25, 0.3) is 0 Å². The Morgan fingerprint density at radius 2 is 1.65 bits per heavy atom. The van der Waals surface area contributed by atoms with Crippen molar-refractivity contribution in [1.82, 2.24) is 24.8 Å². The Kier molecular flexibility index (Phi) is 7.15. The van der Waals surface area contributed by atoms with Crippen LogP contribution in [0.3, 0.4) is 0 Å². The van der Waals surface area contributed by atoms with Crippen molar-refractivity contribution in [3.05, 3.63) is 71.7 Å². The van der Waals surface area contributed by atoms with Gasteiger partial charge in [0.2, 0.25) is 0 Å². The zero-order chi connectivity index (χ0) is 28.7. The van der Waals surface area contributed by atoms with E-state index in [-0.39, 0.29) is 28.3 Å². The number of likely N-dealkylation sites (tertiary alicyclic amines) is 1. The summed E-state index contributed by atoms with van der Waals surface area (Å²) in [6, 6.07) is 9.57. The monoisotopic (exact) mass is 560 g/mol. The normalized spacial score (nSPS) is 16.3. The summed E-state index contributed by atoms with van der Waals surface area (Å²) in [6.45, 7) is 6.38. The van der Waals surface area contributed by atoms with Gasteiger partial charge in [-0.1, -0.05) is 13.8 Å². The molecule has 0 amide bonds. The number of pyridine rings is 2. The quantitative estimate of drug-likeness (QED) is 0.255. The van der Waals surface area contributed by atoms with E-state index >= 15 is 0 Å². The van der Waals surface area contributed by atoms with Gasteiger partial charge in [0.05, 0.1) is 28.8 Å². The van der Waals surface area contributed by atoms with Crippen LogP contribution >= 0.6 is 0 Å². The van der Waals surface area contributed by atoms with Gasteiger partial charge >= 0.3 is 12.4 Å². The SMILES string of the molecule is CC1(C)CCCN(Cc2nc(Nc3ccc(C(F)(F)F)cc3)c3ccc(-c4ncccc4C(F)(F)F)nc3n2)C1. The first kappa shape index (κ1) is 27.8. The number of benzene rings is 1. The van der Waals surface area contributed by atoms with E-state index in [9.17, 15) is 26.3 Å². The molecule has 4 aromatic rings. The van der Waals surface area contributed by atoms with Crippen LogP contribution in [-0.2, 0) is 18.9 Å². The number of nitrogens with one attached hydrogen (secondary N) is 1. The second kappa shape index (κ2) is 10.3. The van der Waals surface area contributed by atoms with Gasteiger partial charge in [0.1, 0.15) is 17.3 Å². The van der Waals surface area contributed by atoms with Crippen LogP contribution in [0.25, 0.3) is 22.4 Å². The molecule has 1 N–H and O–H groups in total. The van der Waals surface area contributed by atoms with Crippen LogP contribution in [0, 0.1) is 5.41 Å². The first-order valence-corrected chi connectivity index (χ1v) is 12.7. The number of aromatic nitrogens is 4. The van der Waals surface area contributed by atoms with Crippen molar-refractivity contribution in [2.75, 3.05) is 18.4 Å². The molecular weight excluding hydrogens is 534 g/mol. The number of anilines is 2. The number of nitrogens with zero attached hydrogens (tertiary/aromatic N) is 5.